The van der Waals surface area contributed by atoms with Gasteiger partial charge in [-0.3, -0.25) is 0 Å². The summed E-state index contributed by atoms with van der Waals surface area (Å²) in [6.07, 6.45) is 0. The van der Waals surface area contributed by atoms with E-state index in [-0.39, 0.29) is 12.1 Å². The average Bonchev–Trinajstić information content (AvgIpc) is 0.697. The van der Waals surface area contributed by atoms with Gasteiger partial charge >= 0.3 is 0 Å². The van der Waals surface area contributed by atoms with Crippen molar-refractivity contribution >= 4 is 123 Å². The second-order valence-electron chi connectivity index (χ2n) is 29.6. The third-order valence-electron chi connectivity index (χ3n) is 22.5. The van der Waals surface area contributed by atoms with Gasteiger partial charge in [-0.15, -0.1) is 0 Å². The van der Waals surface area contributed by atoms with Crippen LogP contribution >= 0.6 is 0 Å². The van der Waals surface area contributed by atoms with Crippen molar-refractivity contribution in [1.29, 1.82) is 0 Å². The molecule has 16 aromatic carbocycles. The van der Waals surface area contributed by atoms with Gasteiger partial charge in [-0.1, -0.05) is 282 Å². The summed E-state index contributed by atoms with van der Waals surface area (Å²) in [5, 5.41) is 7.28. The van der Waals surface area contributed by atoms with Crippen LogP contribution in [0.15, 0.2) is 370 Å². The molecule has 3 aromatic heterocycles. The molecule has 5 heterocycles. The molecule has 0 radical (unpaired) electrons. The third kappa shape index (κ3) is 9.64. The molecule has 0 fully saturated rings. The first-order valence-electron chi connectivity index (χ1n) is 36.9. The van der Waals surface area contributed by atoms with Gasteiger partial charge < -0.3 is 23.5 Å². The van der Waals surface area contributed by atoms with Crippen LogP contribution in [0.25, 0.3) is 138 Å². The van der Waals surface area contributed by atoms with Crippen molar-refractivity contribution in [2.24, 2.45) is 0 Å². The smallest absolute Gasteiger partial charge is 0.252 e. The van der Waals surface area contributed by atoms with Crippen LogP contribution in [0.4, 0.5) is 34.1 Å². The number of aromatic nitrogens is 3. The second kappa shape index (κ2) is 24.1. The molecule has 0 saturated carbocycles. The Hall–Kier alpha value is -13.4. The predicted molar refractivity (Wildman–Crippen MR) is 449 cm³/mol. The molecule has 498 valence electrons. The van der Waals surface area contributed by atoms with Crippen LogP contribution in [-0.4, -0.2) is 20.4 Å². The molecule has 0 aliphatic carbocycles. The van der Waals surface area contributed by atoms with Crippen LogP contribution < -0.4 is 26.2 Å². The molecule has 2 aliphatic rings. The highest BCUT2D eigenvalue weighted by molar-refractivity contribution is 7.00. The quantitative estimate of drug-likeness (QED) is 0.127. The minimum atomic E-state index is -0.249. The topological polar surface area (TPSA) is 21.3 Å². The van der Waals surface area contributed by atoms with Crippen molar-refractivity contribution in [2.45, 2.75) is 26.2 Å². The normalized spacial score (nSPS) is 12.6. The lowest BCUT2D eigenvalue weighted by Gasteiger charge is -2.45. The summed E-state index contributed by atoms with van der Waals surface area (Å²) >= 11 is 0. The van der Waals surface area contributed by atoms with Crippen LogP contribution in [-0.2, 0) is 5.41 Å². The maximum absolute atomic E-state index is 2.72. The van der Waals surface area contributed by atoms with E-state index in [9.17, 15) is 0 Å². The van der Waals surface area contributed by atoms with Crippen molar-refractivity contribution in [2.75, 3.05) is 9.80 Å². The molecular weight excluding hydrogens is 1280 g/mol. The monoisotopic (exact) mass is 1350 g/mol. The van der Waals surface area contributed by atoms with Gasteiger partial charge in [0.1, 0.15) is 0 Å². The van der Waals surface area contributed by atoms with Gasteiger partial charge in [0.2, 0.25) is 0 Å². The molecule has 0 atom stereocenters. The van der Waals surface area contributed by atoms with Gasteiger partial charge in [0.15, 0.2) is 0 Å². The Morgan fingerprint density at radius 2 is 0.575 bits per heavy atom. The lowest BCUT2D eigenvalue weighted by molar-refractivity contribution is 0.591. The Labute approximate surface area is 616 Å². The molecule has 0 saturated heterocycles. The summed E-state index contributed by atoms with van der Waals surface area (Å²) < 4.78 is 7.51. The number of benzene rings is 16. The van der Waals surface area contributed by atoms with E-state index in [0.717, 1.165) is 129 Å². The maximum atomic E-state index is 2.72. The van der Waals surface area contributed by atoms with E-state index in [0.29, 0.717) is 0 Å². The van der Waals surface area contributed by atoms with E-state index >= 15 is 0 Å². The third-order valence-corrected chi connectivity index (χ3v) is 22.5. The Morgan fingerprint density at radius 3 is 1.04 bits per heavy atom. The van der Waals surface area contributed by atoms with Crippen LogP contribution in [0.2, 0.25) is 0 Å². The van der Waals surface area contributed by atoms with Gasteiger partial charge in [0.05, 0.1) is 44.5 Å². The highest BCUT2D eigenvalue weighted by atomic mass is 15.2. The Kier molecular flexibility index (Phi) is 13.9. The molecule has 0 N–H and O–H groups in total. The van der Waals surface area contributed by atoms with E-state index in [1.54, 1.807) is 0 Å². The SMILES string of the molecule is CC(C)(C)c1cc(-c2ccccc2)c(N2c3cc(-n4c5ccccc5c5cc(-n6c7ccccc7c7ccccc76)ccc54)ccc3B3c4ccc(-c5ccccc5)cc4N(c4cc(-c5ccccc5)cc(-c5ccccc5)c4)c4cc(-n5c6ccccc6c6ccccc65)cc2c43)c(-c2ccccc2)c1. The Bertz CT molecular complexity index is 6520. The predicted octanol–water partition coefficient (Wildman–Crippen LogP) is 24.7. The number of anilines is 6. The standard InChI is InChI=1S/C100H70BN5/c1-100(2,3)73-59-83(68-35-15-7-16-36-68)99(84(60-73)69-37-17-8-18-38-69)106-95-62-75(103-92-48-28-23-43-82(92)85-61-74(51-54-93(85)103)102-88-44-24-19-39-78(88)79-40-20-25-45-89(79)102)50-53-87(95)101-86-52-49-70(65-29-9-4-10-30-65)58-94(86)105(76-56-71(66-31-11-5-12-32-66)55-72(57-76)67-33-13-6-14-34-67)96-63-77(64-97(106)98(96)101)104-90-46-26-21-41-80(90)81-42-22-27-47-91(81)104/h4-64H,1-3H3. The summed E-state index contributed by atoms with van der Waals surface area (Å²) in [7, 11) is 0. The minimum absolute atomic E-state index is 0.215. The summed E-state index contributed by atoms with van der Waals surface area (Å²) in [5.74, 6) is 0. The lowest BCUT2D eigenvalue weighted by Crippen LogP contribution is -2.61. The summed E-state index contributed by atoms with van der Waals surface area (Å²) in [6, 6.07) is 139. The van der Waals surface area contributed by atoms with Crippen molar-refractivity contribution in [3.8, 4) is 72.7 Å². The van der Waals surface area contributed by atoms with Gasteiger partial charge in [0.25, 0.3) is 6.71 Å². The number of nitrogens with zero attached hydrogens (tertiary/aromatic N) is 5. The number of hydrogen-bond donors (Lipinski definition) is 0. The fraction of sp³-hybridized carbons (Fsp3) is 0.0400. The molecule has 0 unspecified atom stereocenters. The molecule has 0 spiro atoms. The molecule has 19 aromatic rings. The van der Waals surface area contributed by atoms with Crippen molar-refractivity contribution in [3.05, 3.63) is 376 Å². The zero-order valence-electron chi connectivity index (χ0n) is 59.0. The van der Waals surface area contributed by atoms with E-state index in [1.807, 2.05) is 0 Å². The van der Waals surface area contributed by atoms with E-state index in [1.165, 1.54) is 65.3 Å². The van der Waals surface area contributed by atoms with Crippen LogP contribution in [0.5, 0.6) is 0 Å². The molecule has 106 heavy (non-hydrogen) atoms. The molecule has 21 rings (SSSR count). The summed E-state index contributed by atoms with van der Waals surface area (Å²) in [4.78, 5) is 5.35. The molecular formula is C100H70BN5. The maximum Gasteiger partial charge on any atom is 0.252 e. The number of fused-ring (bicyclic) bond motifs is 13. The zero-order chi connectivity index (χ0) is 70.3. The summed E-state index contributed by atoms with van der Waals surface area (Å²) in [5.41, 5.74) is 33.0. The Morgan fingerprint density at radius 1 is 0.226 bits per heavy atom. The molecule has 2 aliphatic heterocycles. The number of hydrogen-bond acceptors (Lipinski definition) is 2. The van der Waals surface area contributed by atoms with E-state index in [2.05, 4.69) is 414 Å². The fourth-order valence-electron chi connectivity index (χ4n) is 17.7. The minimum Gasteiger partial charge on any atom is -0.311 e. The van der Waals surface area contributed by atoms with Gasteiger partial charge in [-0.2, -0.15) is 0 Å². The van der Waals surface area contributed by atoms with Gasteiger partial charge in [0, 0.05) is 83.3 Å². The van der Waals surface area contributed by atoms with Crippen molar-refractivity contribution in [1.82, 2.24) is 13.7 Å². The Balaban J connectivity index is 0.918. The van der Waals surface area contributed by atoms with Crippen molar-refractivity contribution in [3.63, 3.8) is 0 Å². The summed E-state index contributed by atoms with van der Waals surface area (Å²) in [6.45, 7) is 6.81. The average molecular weight is 1350 g/mol. The zero-order valence-corrected chi connectivity index (χ0v) is 59.0. The van der Waals surface area contributed by atoms with E-state index in [4.69, 9.17) is 0 Å². The second-order valence-corrected chi connectivity index (χ2v) is 29.6. The highest BCUT2D eigenvalue weighted by Crippen LogP contribution is 2.54. The van der Waals surface area contributed by atoms with Crippen molar-refractivity contribution < 1.29 is 0 Å². The molecule has 0 bridgehead atoms. The largest absolute Gasteiger partial charge is 0.311 e. The first-order chi connectivity index (χ1) is 52.2. The van der Waals surface area contributed by atoms with Crippen LogP contribution in [0.3, 0.4) is 0 Å². The molecule has 0 amide bonds. The lowest BCUT2D eigenvalue weighted by atomic mass is 9.33. The van der Waals surface area contributed by atoms with Gasteiger partial charge in [-0.05, 0) is 181 Å². The highest BCUT2D eigenvalue weighted by Gasteiger charge is 2.46. The molecule has 6 heteroatoms. The number of para-hydroxylation sites is 5. The first-order valence-corrected chi connectivity index (χ1v) is 36.9. The van der Waals surface area contributed by atoms with Gasteiger partial charge in [-0.25, -0.2) is 0 Å². The molecule has 5 nitrogen and oxygen atoms in total. The number of rotatable bonds is 10. The fourth-order valence-corrected chi connectivity index (χ4v) is 17.7. The van der Waals surface area contributed by atoms with E-state index < -0.39 is 0 Å². The van der Waals surface area contributed by atoms with Crippen LogP contribution in [0.1, 0.15) is 26.3 Å². The van der Waals surface area contributed by atoms with Crippen LogP contribution in [0, 0.1) is 0 Å². The first kappa shape index (κ1) is 61.3.